The Morgan fingerprint density at radius 3 is 2.54 bits per heavy atom. The summed E-state index contributed by atoms with van der Waals surface area (Å²) in [5, 5.41) is 3.46. The molecule has 2 heterocycles. The van der Waals surface area contributed by atoms with Crippen molar-refractivity contribution in [1.82, 2.24) is 4.98 Å². The molecule has 0 saturated heterocycles. The summed E-state index contributed by atoms with van der Waals surface area (Å²) in [7, 11) is 0. The van der Waals surface area contributed by atoms with Crippen LogP contribution in [0.3, 0.4) is 0 Å². The quantitative estimate of drug-likeness (QED) is 0.789. The molecule has 2 aromatic carbocycles. The van der Waals surface area contributed by atoms with E-state index in [4.69, 9.17) is 0 Å². The molecule has 1 aromatic heterocycles. The first-order chi connectivity index (χ1) is 11.7. The number of aryl methyl sites for hydroxylation is 1. The van der Waals surface area contributed by atoms with E-state index in [1.165, 1.54) is 0 Å². The van der Waals surface area contributed by atoms with Crippen molar-refractivity contribution in [1.29, 1.82) is 0 Å². The van der Waals surface area contributed by atoms with Crippen molar-refractivity contribution in [2.24, 2.45) is 0 Å². The summed E-state index contributed by atoms with van der Waals surface area (Å²) in [5.74, 6) is 0.627. The molecule has 1 aliphatic rings. The number of pyridine rings is 1. The third kappa shape index (κ3) is 2.42. The van der Waals surface area contributed by atoms with Gasteiger partial charge in [0.25, 0.3) is 5.91 Å². The molecule has 3 aromatic rings. The van der Waals surface area contributed by atoms with Crippen LogP contribution in [-0.4, -0.2) is 10.9 Å². The van der Waals surface area contributed by atoms with Crippen LogP contribution in [0.4, 0.5) is 11.5 Å². The fraction of sp³-hybridized carbons (Fsp3) is 0.100. The first-order valence-corrected chi connectivity index (χ1v) is 7.91. The van der Waals surface area contributed by atoms with E-state index in [0.29, 0.717) is 11.4 Å². The van der Waals surface area contributed by atoms with Gasteiger partial charge in [0.15, 0.2) is 0 Å². The zero-order valence-corrected chi connectivity index (χ0v) is 13.3. The maximum atomic E-state index is 13.0. The van der Waals surface area contributed by atoms with Gasteiger partial charge in [0.1, 0.15) is 12.0 Å². The van der Waals surface area contributed by atoms with E-state index in [1.807, 2.05) is 73.7 Å². The molecule has 24 heavy (non-hydrogen) atoms. The van der Waals surface area contributed by atoms with Gasteiger partial charge in [0, 0.05) is 23.0 Å². The average Bonchev–Trinajstić information content (AvgIpc) is 2.89. The lowest BCUT2D eigenvalue weighted by Crippen LogP contribution is -2.33. The van der Waals surface area contributed by atoms with Gasteiger partial charge in [-0.25, -0.2) is 4.98 Å². The van der Waals surface area contributed by atoms with E-state index in [9.17, 15) is 4.79 Å². The highest BCUT2D eigenvalue weighted by Crippen LogP contribution is 2.37. The number of para-hydroxylation sites is 1. The third-order valence-electron chi connectivity index (χ3n) is 4.19. The Labute approximate surface area is 140 Å². The van der Waals surface area contributed by atoms with Gasteiger partial charge in [-0.05, 0) is 42.8 Å². The van der Waals surface area contributed by atoms with E-state index in [1.54, 1.807) is 11.1 Å². The topological polar surface area (TPSA) is 45.2 Å². The van der Waals surface area contributed by atoms with Crippen LogP contribution in [0.15, 0.2) is 72.9 Å². The van der Waals surface area contributed by atoms with Crippen molar-refractivity contribution in [3.63, 3.8) is 0 Å². The average molecular weight is 315 g/mol. The van der Waals surface area contributed by atoms with Crippen LogP contribution in [0.5, 0.6) is 0 Å². The molecule has 0 fully saturated rings. The molecule has 4 rings (SSSR count). The Bertz CT molecular complexity index is 892. The summed E-state index contributed by atoms with van der Waals surface area (Å²) in [4.78, 5) is 19.1. The Hall–Kier alpha value is -3.14. The molecule has 1 atom stereocenters. The number of hydrogen-bond acceptors (Lipinski definition) is 3. The molecular weight excluding hydrogens is 298 g/mol. The van der Waals surface area contributed by atoms with E-state index >= 15 is 0 Å². The standard InChI is InChI=1S/C20H17N3O/c1-14-11-12-21-18(13-14)23-19(22-15-7-3-2-4-8-15)16-9-5-6-10-17(16)20(23)24/h2-13,19,22H,1H3/t19-/m1/s1. The van der Waals surface area contributed by atoms with Gasteiger partial charge in [0.2, 0.25) is 0 Å². The monoisotopic (exact) mass is 315 g/mol. The Balaban J connectivity index is 1.80. The number of rotatable bonds is 3. The second-order valence-electron chi connectivity index (χ2n) is 5.87. The van der Waals surface area contributed by atoms with Crippen molar-refractivity contribution in [2.45, 2.75) is 13.1 Å². The number of anilines is 2. The second kappa shape index (κ2) is 5.81. The predicted molar refractivity (Wildman–Crippen MR) is 95.0 cm³/mol. The highest BCUT2D eigenvalue weighted by atomic mass is 16.2. The summed E-state index contributed by atoms with van der Waals surface area (Å²) in [5.41, 5.74) is 3.72. The van der Waals surface area contributed by atoms with E-state index in [2.05, 4.69) is 10.3 Å². The zero-order chi connectivity index (χ0) is 16.5. The van der Waals surface area contributed by atoms with Gasteiger partial charge in [-0.1, -0.05) is 36.4 Å². The highest BCUT2D eigenvalue weighted by Gasteiger charge is 2.38. The van der Waals surface area contributed by atoms with Crippen molar-refractivity contribution >= 4 is 17.4 Å². The minimum atomic E-state index is -0.273. The Morgan fingerprint density at radius 2 is 1.75 bits per heavy atom. The SMILES string of the molecule is Cc1ccnc(N2C(=O)c3ccccc3[C@@H]2Nc2ccccc2)c1. The number of benzene rings is 2. The maximum absolute atomic E-state index is 13.0. The number of hydrogen-bond donors (Lipinski definition) is 1. The summed E-state index contributed by atoms with van der Waals surface area (Å²) in [6.45, 7) is 2.00. The smallest absolute Gasteiger partial charge is 0.261 e. The Kier molecular flexibility index (Phi) is 3.50. The number of fused-ring (bicyclic) bond motifs is 1. The van der Waals surface area contributed by atoms with Gasteiger partial charge < -0.3 is 5.32 Å². The lowest BCUT2D eigenvalue weighted by Gasteiger charge is -2.26. The van der Waals surface area contributed by atoms with Crippen LogP contribution in [0.25, 0.3) is 0 Å². The number of aromatic nitrogens is 1. The van der Waals surface area contributed by atoms with Crippen molar-refractivity contribution < 1.29 is 4.79 Å². The number of amides is 1. The maximum Gasteiger partial charge on any atom is 0.261 e. The minimum absolute atomic E-state index is 0.0304. The Morgan fingerprint density at radius 1 is 1.00 bits per heavy atom. The molecule has 0 unspecified atom stereocenters. The number of carbonyl (C=O) groups excluding carboxylic acids is 1. The summed E-state index contributed by atoms with van der Waals surface area (Å²) >= 11 is 0. The van der Waals surface area contributed by atoms with Crippen LogP contribution in [0.2, 0.25) is 0 Å². The van der Waals surface area contributed by atoms with Gasteiger partial charge in [0.05, 0.1) is 0 Å². The first-order valence-electron chi connectivity index (χ1n) is 7.91. The molecule has 1 amide bonds. The number of carbonyl (C=O) groups is 1. The van der Waals surface area contributed by atoms with Crippen molar-refractivity contribution in [2.75, 3.05) is 10.2 Å². The molecule has 0 saturated carbocycles. The van der Waals surface area contributed by atoms with Crippen molar-refractivity contribution in [3.05, 3.63) is 89.6 Å². The van der Waals surface area contributed by atoms with Crippen molar-refractivity contribution in [3.8, 4) is 0 Å². The van der Waals surface area contributed by atoms with Crippen LogP contribution < -0.4 is 10.2 Å². The molecule has 4 heteroatoms. The van der Waals surface area contributed by atoms with Crippen LogP contribution in [-0.2, 0) is 0 Å². The number of nitrogens with one attached hydrogen (secondary N) is 1. The molecule has 0 spiro atoms. The molecular formula is C20H17N3O. The highest BCUT2D eigenvalue weighted by molar-refractivity contribution is 6.11. The summed E-state index contributed by atoms with van der Waals surface area (Å²) in [6.07, 6.45) is 1.46. The summed E-state index contributed by atoms with van der Waals surface area (Å²) < 4.78 is 0. The predicted octanol–water partition coefficient (Wildman–Crippen LogP) is 4.16. The van der Waals surface area contributed by atoms with E-state index in [-0.39, 0.29) is 12.1 Å². The fourth-order valence-electron chi connectivity index (χ4n) is 3.04. The molecule has 4 nitrogen and oxygen atoms in total. The second-order valence-corrected chi connectivity index (χ2v) is 5.87. The molecule has 0 radical (unpaired) electrons. The number of nitrogens with zero attached hydrogens (tertiary/aromatic N) is 2. The van der Waals surface area contributed by atoms with Gasteiger partial charge in [-0.2, -0.15) is 0 Å². The molecule has 0 aliphatic carbocycles. The summed E-state index contributed by atoms with van der Waals surface area (Å²) in [6, 6.07) is 21.5. The van der Waals surface area contributed by atoms with E-state index in [0.717, 1.165) is 16.8 Å². The normalized spacial score (nSPS) is 16.1. The minimum Gasteiger partial charge on any atom is -0.361 e. The van der Waals surface area contributed by atoms with Crippen LogP contribution in [0, 0.1) is 6.92 Å². The van der Waals surface area contributed by atoms with Gasteiger partial charge in [-0.3, -0.25) is 9.69 Å². The lowest BCUT2D eigenvalue weighted by molar-refractivity contribution is 0.0992. The molecule has 1 N–H and O–H groups in total. The largest absolute Gasteiger partial charge is 0.361 e. The lowest BCUT2D eigenvalue weighted by atomic mass is 10.1. The zero-order valence-electron chi connectivity index (χ0n) is 13.3. The van der Waals surface area contributed by atoms with Crippen LogP contribution >= 0.6 is 0 Å². The molecule has 0 bridgehead atoms. The van der Waals surface area contributed by atoms with E-state index < -0.39 is 0 Å². The third-order valence-corrected chi connectivity index (χ3v) is 4.19. The first kappa shape index (κ1) is 14.5. The molecule has 1 aliphatic heterocycles. The van der Waals surface area contributed by atoms with Crippen LogP contribution in [0.1, 0.15) is 27.7 Å². The molecule has 118 valence electrons. The van der Waals surface area contributed by atoms with Gasteiger partial charge in [-0.15, -0.1) is 0 Å². The van der Waals surface area contributed by atoms with Gasteiger partial charge >= 0.3 is 0 Å². The fourth-order valence-corrected chi connectivity index (χ4v) is 3.04.